The van der Waals surface area contributed by atoms with E-state index in [0.717, 1.165) is 0 Å². The van der Waals surface area contributed by atoms with Crippen molar-refractivity contribution in [2.45, 2.75) is 47.1 Å². The molecule has 0 radical (unpaired) electrons. The molecule has 0 fully saturated rings. The monoisotopic (exact) mass is 265 g/mol. The van der Waals surface area contributed by atoms with Gasteiger partial charge in [0.15, 0.2) is 0 Å². The third-order valence-corrected chi connectivity index (χ3v) is 4.99. The van der Waals surface area contributed by atoms with Gasteiger partial charge >= 0.3 is 5.97 Å². The number of carboxylic acid groups (broad SMARTS) is 1. The Morgan fingerprint density at radius 1 is 1.24 bits per heavy atom. The molecule has 0 aromatic heterocycles. The average Bonchev–Trinajstić information content (AvgIpc) is 1.97. The lowest BCUT2D eigenvalue weighted by molar-refractivity contribution is -0.150. The zero-order valence-electron chi connectivity index (χ0n) is 11.4. The Morgan fingerprint density at radius 2 is 1.65 bits per heavy atom. The van der Waals surface area contributed by atoms with Crippen molar-refractivity contribution < 1.29 is 18.3 Å². The lowest BCUT2D eigenvalue weighted by Crippen LogP contribution is -2.57. The second-order valence-corrected chi connectivity index (χ2v) is 7.60. The molecule has 0 saturated carbocycles. The number of carboxylic acids is 1. The smallest absolute Gasteiger partial charge is 0.310 e. The van der Waals surface area contributed by atoms with Crippen molar-refractivity contribution in [1.82, 2.24) is 4.72 Å². The third kappa shape index (κ3) is 4.27. The van der Waals surface area contributed by atoms with Crippen LogP contribution in [0, 0.1) is 11.3 Å². The molecule has 0 aromatic carbocycles. The Kier molecular flexibility index (Phi) is 4.76. The lowest BCUT2D eigenvalue weighted by Gasteiger charge is -2.38. The van der Waals surface area contributed by atoms with Crippen molar-refractivity contribution in [2.75, 3.05) is 5.75 Å². The fourth-order valence-corrected chi connectivity index (χ4v) is 3.26. The molecule has 0 rings (SSSR count). The highest BCUT2D eigenvalue weighted by Gasteiger charge is 2.45. The summed E-state index contributed by atoms with van der Waals surface area (Å²) in [7, 11) is -3.47. The number of nitrogens with one attached hydrogen (secondary N) is 1. The lowest BCUT2D eigenvalue weighted by atomic mass is 9.75. The summed E-state index contributed by atoms with van der Waals surface area (Å²) in [5.74, 6) is -1.04. The van der Waals surface area contributed by atoms with Gasteiger partial charge in [0.1, 0.15) is 0 Å². The van der Waals surface area contributed by atoms with Gasteiger partial charge in [-0.1, -0.05) is 13.8 Å². The van der Waals surface area contributed by atoms with Gasteiger partial charge in [-0.2, -0.15) is 0 Å². The Labute approximate surface area is 104 Å². The van der Waals surface area contributed by atoms with Gasteiger partial charge < -0.3 is 5.11 Å². The number of aliphatic carboxylic acids is 1. The van der Waals surface area contributed by atoms with Crippen LogP contribution in [0.25, 0.3) is 0 Å². The van der Waals surface area contributed by atoms with Crippen molar-refractivity contribution in [3.63, 3.8) is 0 Å². The van der Waals surface area contributed by atoms with Crippen LogP contribution < -0.4 is 4.72 Å². The summed E-state index contributed by atoms with van der Waals surface area (Å²) in [6.45, 7) is 9.78. The number of sulfonamides is 1. The Morgan fingerprint density at radius 3 is 1.94 bits per heavy atom. The topological polar surface area (TPSA) is 83.5 Å². The quantitative estimate of drug-likeness (QED) is 0.761. The molecule has 17 heavy (non-hydrogen) atoms. The van der Waals surface area contributed by atoms with Gasteiger partial charge in [0.25, 0.3) is 0 Å². The van der Waals surface area contributed by atoms with E-state index in [1.165, 1.54) is 13.8 Å². The summed E-state index contributed by atoms with van der Waals surface area (Å²) in [6, 6.07) is 0. The zero-order chi connectivity index (χ0) is 14.1. The van der Waals surface area contributed by atoms with Crippen LogP contribution in [0.5, 0.6) is 0 Å². The van der Waals surface area contributed by atoms with Gasteiger partial charge in [0.2, 0.25) is 10.0 Å². The molecular weight excluding hydrogens is 242 g/mol. The second kappa shape index (κ2) is 4.94. The third-order valence-electron chi connectivity index (χ3n) is 3.06. The summed E-state index contributed by atoms with van der Waals surface area (Å²) in [4.78, 5) is 11.1. The summed E-state index contributed by atoms with van der Waals surface area (Å²) >= 11 is 0. The Hall–Kier alpha value is -0.620. The molecular formula is C11H23NO4S. The van der Waals surface area contributed by atoms with Crippen molar-refractivity contribution in [1.29, 1.82) is 0 Å². The fourth-order valence-electron chi connectivity index (χ4n) is 1.26. The maximum Gasteiger partial charge on any atom is 0.310 e. The molecule has 0 aromatic rings. The molecule has 0 spiro atoms. The van der Waals surface area contributed by atoms with Crippen LogP contribution in [0.1, 0.15) is 41.5 Å². The van der Waals surface area contributed by atoms with E-state index in [2.05, 4.69) is 4.72 Å². The van der Waals surface area contributed by atoms with Crippen LogP contribution in [0.15, 0.2) is 0 Å². The minimum atomic E-state index is -3.47. The average molecular weight is 265 g/mol. The van der Waals surface area contributed by atoms with E-state index in [0.29, 0.717) is 0 Å². The first-order valence-electron chi connectivity index (χ1n) is 5.57. The van der Waals surface area contributed by atoms with Crippen molar-refractivity contribution >= 4 is 16.0 Å². The zero-order valence-corrected chi connectivity index (χ0v) is 12.2. The van der Waals surface area contributed by atoms with E-state index < -0.39 is 26.9 Å². The van der Waals surface area contributed by atoms with E-state index in [4.69, 9.17) is 5.11 Å². The first kappa shape index (κ1) is 16.4. The van der Waals surface area contributed by atoms with Crippen LogP contribution in [-0.2, 0) is 14.8 Å². The first-order valence-corrected chi connectivity index (χ1v) is 7.22. The van der Waals surface area contributed by atoms with Gasteiger partial charge in [-0.15, -0.1) is 0 Å². The molecule has 0 aliphatic rings. The predicted molar refractivity (Wildman–Crippen MR) is 67.3 cm³/mol. The van der Waals surface area contributed by atoms with E-state index in [9.17, 15) is 13.2 Å². The van der Waals surface area contributed by atoms with E-state index in [1.54, 1.807) is 27.7 Å². The van der Waals surface area contributed by atoms with Crippen LogP contribution in [0.4, 0.5) is 0 Å². The van der Waals surface area contributed by atoms with E-state index in [-0.39, 0.29) is 11.7 Å². The highest BCUT2D eigenvalue weighted by atomic mass is 32.2. The standard InChI is InChI=1S/C11H23NO4S/c1-8(2)7-17(15,16)12-11(5,6)10(3,4)9(13)14/h8,12H,7H2,1-6H3,(H,13,14). The molecule has 0 aliphatic carbocycles. The summed E-state index contributed by atoms with van der Waals surface area (Å²) in [6.07, 6.45) is 0. The van der Waals surface area contributed by atoms with Crippen molar-refractivity contribution in [3.8, 4) is 0 Å². The number of hydrogen-bond donors (Lipinski definition) is 2. The minimum Gasteiger partial charge on any atom is -0.481 e. The summed E-state index contributed by atoms with van der Waals surface area (Å²) < 4.78 is 26.1. The number of carbonyl (C=O) groups is 1. The van der Waals surface area contributed by atoms with Gasteiger partial charge in [-0.25, -0.2) is 13.1 Å². The SMILES string of the molecule is CC(C)CS(=O)(=O)NC(C)(C)C(C)(C)C(=O)O. The molecule has 2 N–H and O–H groups in total. The normalized spacial score (nSPS) is 14.1. The molecule has 0 amide bonds. The molecule has 5 nitrogen and oxygen atoms in total. The maximum atomic E-state index is 11.8. The molecule has 0 bridgehead atoms. The molecule has 0 heterocycles. The van der Waals surface area contributed by atoms with Crippen LogP contribution in [-0.4, -0.2) is 30.8 Å². The summed E-state index contributed by atoms with van der Waals surface area (Å²) in [5.41, 5.74) is -2.23. The molecule has 0 saturated heterocycles. The Bertz CT molecular complexity index is 382. The first-order chi connectivity index (χ1) is 7.32. The highest BCUT2D eigenvalue weighted by Crippen LogP contribution is 2.31. The van der Waals surface area contributed by atoms with Gasteiger partial charge in [-0.05, 0) is 33.6 Å². The van der Waals surface area contributed by atoms with Gasteiger partial charge in [0.05, 0.1) is 11.2 Å². The van der Waals surface area contributed by atoms with E-state index in [1.807, 2.05) is 0 Å². The molecule has 6 heteroatoms. The highest BCUT2D eigenvalue weighted by molar-refractivity contribution is 7.89. The molecule has 0 aliphatic heterocycles. The van der Waals surface area contributed by atoms with Crippen LogP contribution in [0.2, 0.25) is 0 Å². The van der Waals surface area contributed by atoms with Crippen molar-refractivity contribution in [3.05, 3.63) is 0 Å². The fraction of sp³-hybridized carbons (Fsp3) is 0.909. The molecule has 0 unspecified atom stereocenters. The molecule has 0 atom stereocenters. The van der Waals surface area contributed by atoms with Crippen LogP contribution in [0.3, 0.4) is 0 Å². The number of hydrogen-bond acceptors (Lipinski definition) is 3. The maximum absolute atomic E-state index is 11.8. The van der Waals surface area contributed by atoms with Crippen LogP contribution >= 0.6 is 0 Å². The van der Waals surface area contributed by atoms with E-state index >= 15 is 0 Å². The van der Waals surface area contributed by atoms with Crippen molar-refractivity contribution in [2.24, 2.45) is 11.3 Å². The van der Waals surface area contributed by atoms with Gasteiger partial charge in [0, 0.05) is 5.54 Å². The molecule has 102 valence electrons. The second-order valence-electron chi connectivity index (χ2n) is 5.83. The van der Waals surface area contributed by atoms with Gasteiger partial charge in [-0.3, -0.25) is 4.79 Å². The minimum absolute atomic E-state index is 0.00348. The largest absolute Gasteiger partial charge is 0.481 e. The predicted octanol–water partition coefficient (Wildman–Crippen LogP) is 1.45. The summed E-state index contributed by atoms with van der Waals surface area (Å²) in [5, 5.41) is 9.12. The number of rotatable bonds is 6. The Balaban J connectivity index is 5.07.